The summed E-state index contributed by atoms with van der Waals surface area (Å²) in [5, 5.41) is 18.4. The number of phenols is 2. The zero-order chi connectivity index (χ0) is 9.14. The number of aromatic hydroxyl groups is 2. The Kier molecular flexibility index (Phi) is 2.70. The monoisotopic (exact) mass is 186 g/mol. The number of phenolic OH excluding ortho intramolecular Hbond substituents is 2. The summed E-state index contributed by atoms with van der Waals surface area (Å²) in [5.41, 5.74) is 0.797. The van der Waals surface area contributed by atoms with Crippen molar-refractivity contribution in [3.63, 3.8) is 0 Å². The fourth-order valence-corrected chi connectivity index (χ4v) is 1.08. The molecule has 0 amide bonds. The molecule has 0 radical (unpaired) electrons. The molecule has 1 aromatic carbocycles. The molecule has 3 nitrogen and oxygen atoms in total. The lowest BCUT2D eigenvalue weighted by Gasteiger charge is -2.06. The van der Waals surface area contributed by atoms with Gasteiger partial charge < -0.3 is 14.9 Å². The summed E-state index contributed by atoms with van der Waals surface area (Å²) < 4.78 is 4.82. The Bertz CT molecular complexity index is 286. The fraction of sp³-hybridized carbons (Fsp3) is 0.250. The highest BCUT2D eigenvalue weighted by Gasteiger charge is 2.08. The van der Waals surface area contributed by atoms with Crippen LogP contribution in [0, 0.1) is 0 Å². The molecule has 0 bridgehead atoms. The topological polar surface area (TPSA) is 49.7 Å². The normalized spacial score (nSPS) is 9.83. The van der Waals surface area contributed by atoms with Crippen molar-refractivity contribution >= 4 is 12.6 Å². The summed E-state index contributed by atoms with van der Waals surface area (Å²) in [6.07, 6.45) is 0. The molecule has 0 fully saturated rings. The Morgan fingerprint density at radius 2 is 2.08 bits per heavy atom. The smallest absolute Gasteiger partial charge is 0.200 e. The summed E-state index contributed by atoms with van der Waals surface area (Å²) in [6, 6.07) is 3.08. The maximum atomic E-state index is 9.22. The first-order valence-electron chi connectivity index (χ1n) is 3.38. The van der Waals surface area contributed by atoms with E-state index in [0.29, 0.717) is 5.75 Å². The number of methoxy groups -OCH3 is 1. The summed E-state index contributed by atoms with van der Waals surface area (Å²) >= 11 is 4.03. The van der Waals surface area contributed by atoms with Gasteiger partial charge in [-0.25, -0.2) is 0 Å². The summed E-state index contributed by atoms with van der Waals surface area (Å²) in [5.74, 6) is 0.338. The van der Waals surface area contributed by atoms with Gasteiger partial charge in [0.25, 0.3) is 0 Å². The molecule has 2 N–H and O–H groups in total. The molecule has 0 saturated heterocycles. The van der Waals surface area contributed by atoms with E-state index in [2.05, 4.69) is 12.6 Å². The van der Waals surface area contributed by atoms with Gasteiger partial charge in [0.05, 0.1) is 7.11 Å². The fourth-order valence-electron chi connectivity index (χ4n) is 0.895. The van der Waals surface area contributed by atoms with Crippen molar-refractivity contribution in [1.29, 1.82) is 0 Å². The van der Waals surface area contributed by atoms with Crippen molar-refractivity contribution in [2.24, 2.45) is 0 Å². The third-order valence-corrected chi connectivity index (χ3v) is 1.88. The van der Waals surface area contributed by atoms with Crippen molar-refractivity contribution in [3.05, 3.63) is 17.7 Å². The molecule has 12 heavy (non-hydrogen) atoms. The van der Waals surface area contributed by atoms with E-state index in [1.165, 1.54) is 13.2 Å². The molecule has 0 aliphatic carbocycles. The first-order valence-corrected chi connectivity index (χ1v) is 4.02. The van der Waals surface area contributed by atoms with Gasteiger partial charge in [0, 0.05) is 5.75 Å². The molecule has 1 aromatic rings. The molecule has 0 aliphatic rings. The minimum absolute atomic E-state index is 0.182. The predicted molar refractivity (Wildman–Crippen MR) is 49.0 cm³/mol. The number of thiol groups is 1. The summed E-state index contributed by atoms with van der Waals surface area (Å²) in [7, 11) is 1.43. The van der Waals surface area contributed by atoms with Crippen LogP contribution in [0.5, 0.6) is 17.2 Å². The van der Waals surface area contributed by atoms with Crippen LogP contribution in [0.4, 0.5) is 0 Å². The highest BCUT2D eigenvalue weighted by Crippen LogP contribution is 2.36. The largest absolute Gasteiger partial charge is 0.504 e. The van der Waals surface area contributed by atoms with Crippen molar-refractivity contribution in [2.75, 3.05) is 7.11 Å². The van der Waals surface area contributed by atoms with E-state index < -0.39 is 0 Å². The first-order chi connectivity index (χ1) is 5.69. The number of benzene rings is 1. The Balaban J connectivity index is 3.19. The molecule has 0 spiro atoms. The second-order valence-electron chi connectivity index (χ2n) is 2.32. The predicted octanol–water partition coefficient (Wildman–Crippen LogP) is 1.54. The SMILES string of the molecule is COc1cc(CS)cc(O)c1O. The van der Waals surface area contributed by atoms with Gasteiger partial charge in [0.2, 0.25) is 5.75 Å². The lowest BCUT2D eigenvalue weighted by molar-refractivity contribution is 0.350. The van der Waals surface area contributed by atoms with Crippen LogP contribution in [-0.4, -0.2) is 17.3 Å². The van der Waals surface area contributed by atoms with Crippen molar-refractivity contribution in [2.45, 2.75) is 5.75 Å². The van der Waals surface area contributed by atoms with Gasteiger partial charge in [0.1, 0.15) is 0 Å². The van der Waals surface area contributed by atoms with Gasteiger partial charge in [-0.2, -0.15) is 12.6 Å². The van der Waals surface area contributed by atoms with Crippen LogP contribution in [0.2, 0.25) is 0 Å². The summed E-state index contributed by atoms with van der Waals surface area (Å²) in [4.78, 5) is 0. The quantitative estimate of drug-likeness (QED) is 0.485. The van der Waals surface area contributed by atoms with E-state index in [1.54, 1.807) is 6.07 Å². The van der Waals surface area contributed by atoms with E-state index in [-0.39, 0.29) is 17.2 Å². The van der Waals surface area contributed by atoms with E-state index in [9.17, 15) is 10.2 Å². The van der Waals surface area contributed by atoms with Crippen LogP contribution in [0.25, 0.3) is 0 Å². The van der Waals surface area contributed by atoms with E-state index in [0.717, 1.165) is 5.56 Å². The maximum absolute atomic E-state index is 9.22. The van der Waals surface area contributed by atoms with Crippen molar-refractivity contribution in [1.82, 2.24) is 0 Å². The van der Waals surface area contributed by atoms with Crippen molar-refractivity contribution < 1.29 is 14.9 Å². The lowest BCUT2D eigenvalue weighted by atomic mass is 10.2. The third-order valence-electron chi connectivity index (χ3n) is 1.52. The number of hydrogen-bond donors (Lipinski definition) is 3. The molecule has 0 heterocycles. The molecule has 0 atom stereocenters. The zero-order valence-corrected chi connectivity index (χ0v) is 7.51. The Hall–Kier alpha value is -1.03. The van der Waals surface area contributed by atoms with Crippen molar-refractivity contribution in [3.8, 4) is 17.2 Å². The van der Waals surface area contributed by atoms with Crippen LogP contribution in [0.3, 0.4) is 0 Å². The van der Waals surface area contributed by atoms with E-state index in [4.69, 9.17) is 4.74 Å². The lowest BCUT2D eigenvalue weighted by Crippen LogP contribution is -1.86. The van der Waals surface area contributed by atoms with E-state index >= 15 is 0 Å². The van der Waals surface area contributed by atoms with Crippen LogP contribution in [0.15, 0.2) is 12.1 Å². The van der Waals surface area contributed by atoms with Crippen LogP contribution in [0.1, 0.15) is 5.56 Å². The Morgan fingerprint density at radius 3 is 2.58 bits per heavy atom. The Morgan fingerprint density at radius 1 is 1.42 bits per heavy atom. The van der Waals surface area contributed by atoms with Gasteiger partial charge in [0.15, 0.2) is 11.5 Å². The molecular weight excluding hydrogens is 176 g/mol. The van der Waals surface area contributed by atoms with Crippen LogP contribution >= 0.6 is 12.6 Å². The Labute approximate surface area is 76.0 Å². The second-order valence-corrected chi connectivity index (χ2v) is 2.64. The third kappa shape index (κ3) is 1.58. The second kappa shape index (κ2) is 3.58. The highest BCUT2D eigenvalue weighted by molar-refractivity contribution is 7.79. The molecule has 0 unspecified atom stereocenters. The van der Waals surface area contributed by atoms with Gasteiger partial charge in [-0.15, -0.1) is 0 Å². The molecule has 4 heteroatoms. The van der Waals surface area contributed by atoms with Gasteiger partial charge in [-0.05, 0) is 17.7 Å². The molecule has 1 rings (SSSR count). The standard InChI is InChI=1S/C8H10O3S/c1-11-7-3-5(4-12)2-6(9)8(7)10/h2-3,9-10,12H,4H2,1H3. The molecule has 0 saturated carbocycles. The zero-order valence-electron chi connectivity index (χ0n) is 6.61. The molecule has 0 aromatic heterocycles. The van der Waals surface area contributed by atoms with Gasteiger partial charge in [-0.3, -0.25) is 0 Å². The molecule has 66 valence electrons. The minimum atomic E-state index is -0.233. The first kappa shape index (κ1) is 9.06. The van der Waals surface area contributed by atoms with Crippen LogP contribution in [-0.2, 0) is 5.75 Å². The average molecular weight is 186 g/mol. The van der Waals surface area contributed by atoms with Gasteiger partial charge in [-0.1, -0.05) is 0 Å². The number of hydrogen-bond acceptors (Lipinski definition) is 4. The van der Waals surface area contributed by atoms with Crippen LogP contribution < -0.4 is 4.74 Å². The minimum Gasteiger partial charge on any atom is -0.504 e. The average Bonchev–Trinajstić information content (AvgIpc) is 2.09. The molecule has 0 aliphatic heterocycles. The number of rotatable bonds is 2. The number of ether oxygens (including phenoxy) is 1. The maximum Gasteiger partial charge on any atom is 0.200 e. The van der Waals surface area contributed by atoms with E-state index in [1.807, 2.05) is 0 Å². The summed E-state index contributed by atoms with van der Waals surface area (Å²) in [6.45, 7) is 0. The van der Waals surface area contributed by atoms with Gasteiger partial charge >= 0.3 is 0 Å². The molecular formula is C8H10O3S. The highest BCUT2D eigenvalue weighted by atomic mass is 32.1.